The Kier molecular flexibility index (Phi) is 5.22. The lowest BCUT2D eigenvalue weighted by molar-refractivity contribution is 0.102. The molecule has 0 saturated heterocycles. The molecule has 5 nitrogen and oxygen atoms in total. The summed E-state index contributed by atoms with van der Waals surface area (Å²) in [6.45, 7) is 4.04. The van der Waals surface area contributed by atoms with Gasteiger partial charge in [-0.1, -0.05) is 6.07 Å². The number of hydrogen-bond donors (Lipinski definition) is 2. The average Bonchev–Trinajstić information content (AvgIpc) is 2.64. The molecular weight excluding hydrogens is 331 g/mol. The second-order valence-corrected chi connectivity index (χ2v) is 5.98. The van der Waals surface area contributed by atoms with E-state index < -0.39 is 0 Å². The number of anilines is 2. The third kappa shape index (κ3) is 4.22. The Morgan fingerprint density at radius 1 is 1.08 bits per heavy atom. The molecular formula is C20H19FN4O. The summed E-state index contributed by atoms with van der Waals surface area (Å²) in [5.41, 5.74) is 3.14. The van der Waals surface area contributed by atoms with Crippen LogP contribution in [0.3, 0.4) is 0 Å². The van der Waals surface area contributed by atoms with Gasteiger partial charge in [0.15, 0.2) is 0 Å². The maximum atomic E-state index is 13.7. The molecule has 26 heavy (non-hydrogen) atoms. The number of aromatic nitrogens is 2. The number of carbonyl (C=O) groups excluding carboxylic acids is 1. The first-order valence-corrected chi connectivity index (χ1v) is 8.21. The van der Waals surface area contributed by atoms with Gasteiger partial charge in [0, 0.05) is 30.3 Å². The van der Waals surface area contributed by atoms with Crippen LogP contribution in [0.2, 0.25) is 0 Å². The van der Waals surface area contributed by atoms with Crippen molar-refractivity contribution >= 4 is 17.4 Å². The second-order valence-electron chi connectivity index (χ2n) is 5.98. The minimum Gasteiger partial charge on any atom is -0.365 e. The van der Waals surface area contributed by atoms with Crippen LogP contribution >= 0.6 is 0 Å². The predicted octanol–water partition coefficient (Wildman–Crippen LogP) is 4.10. The SMILES string of the molecule is Cc1ccc(C(=O)Nc2ccc(C)c(F)c2)c(NCc2ccncc2)n1. The van der Waals surface area contributed by atoms with E-state index in [1.165, 1.54) is 6.07 Å². The van der Waals surface area contributed by atoms with Gasteiger partial charge in [0.25, 0.3) is 5.91 Å². The van der Waals surface area contributed by atoms with Gasteiger partial charge in [-0.15, -0.1) is 0 Å². The highest BCUT2D eigenvalue weighted by Crippen LogP contribution is 2.19. The van der Waals surface area contributed by atoms with Gasteiger partial charge in [0.05, 0.1) is 5.56 Å². The van der Waals surface area contributed by atoms with Crippen molar-refractivity contribution in [1.29, 1.82) is 0 Å². The number of rotatable bonds is 5. The zero-order valence-electron chi connectivity index (χ0n) is 14.6. The Hall–Kier alpha value is -3.28. The number of amides is 1. The number of hydrogen-bond acceptors (Lipinski definition) is 4. The Morgan fingerprint density at radius 3 is 2.58 bits per heavy atom. The minimum atomic E-state index is -0.360. The fourth-order valence-corrected chi connectivity index (χ4v) is 2.43. The number of nitrogens with one attached hydrogen (secondary N) is 2. The molecule has 0 unspecified atom stereocenters. The maximum Gasteiger partial charge on any atom is 0.259 e. The maximum absolute atomic E-state index is 13.7. The Bertz CT molecular complexity index is 928. The van der Waals surface area contributed by atoms with Gasteiger partial charge < -0.3 is 10.6 Å². The van der Waals surface area contributed by atoms with Crippen molar-refractivity contribution in [3.63, 3.8) is 0 Å². The zero-order chi connectivity index (χ0) is 18.5. The van der Waals surface area contributed by atoms with E-state index in [1.54, 1.807) is 43.6 Å². The third-order valence-electron chi connectivity index (χ3n) is 3.92. The number of nitrogens with zero attached hydrogens (tertiary/aromatic N) is 2. The van der Waals surface area contributed by atoms with Crippen LogP contribution in [0.4, 0.5) is 15.9 Å². The third-order valence-corrected chi connectivity index (χ3v) is 3.92. The van der Waals surface area contributed by atoms with Crippen LogP contribution in [-0.2, 0) is 6.54 Å². The molecule has 6 heteroatoms. The molecule has 0 bridgehead atoms. The highest BCUT2D eigenvalue weighted by molar-refractivity contribution is 6.07. The molecule has 2 heterocycles. The smallest absolute Gasteiger partial charge is 0.259 e. The average molecular weight is 350 g/mol. The van der Waals surface area contributed by atoms with Gasteiger partial charge >= 0.3 is 0 Å². The molecule has 0 aliphatic rings. The molecule has 0 fully saturated rings. The van der Waals surface area contributed by atoms with Crippen LogP contribution in [0, 0.1) is 19.7 Å². The van der Waals surface area contributed by atoms with Gasteiger partial charge in [0.1, 0.15) is 11.6 Å². The van der Waals surface area contributed by atoms with Gasteiger partial charge in [-0.25, -0.2) is 9.37 Å². The molecule has 1 aromatic carbocycles. The zero-order valence-corrected chi connectivity index (χ0v) is 14.6. The first kappa shape index (κ1) is 17.5. The van der Waals surface area contributed by atoms with Crippen molar-refractivity contribution in [2.45, 2.75) is 20.4 Å². The molecule has 0 atom stereocenters. The van der Waals surface area contributed by atoms with Crippen molar-refractivity contribution in [3.05, 3.63) is 83.1 Å². The normalized spacial score (nSPS) is 10.4. The van der Waals surface area contributed by atoms with Gasteiger partial charge in [-0.2, -0.15) is 0 Å². The number of aryl methyl sites for hydroxylation is 2. The first-order chi connectivity index (χ1) is 12.5. The summed E-state index contributed by atoms with van der Waals surface area (Å²) in [6.07, 6.45) is 3.42. The van der Waals surface area contributed by atoms with Crippen LogP contribution in [0.1, 0.15) is 27.2 Å². The summed E-state index contributed by atoms with van der Waals surface area (Å²) in [5.74, 6) is -0.231. The number of carbonyl (C=O) groups is 1. The van der Waals surface area contributed by atoms with Gasteiger partial charge in [-0.3, -0.25) is 9.78 Å². The lowest BCUT2D eigenvalue weighted by Crippen LogP contribution is -2.16. The molecule has 0 saturated carbocycles. The fraction of sp³-hybridized carbons (Fsp3) is 0.150. The second kappa shape index (κ2) is 7.74. The quantitative estimate of drug-likeness (QED) is 0.727. The monoisotopic (exact) mass is 350 g/mol. The van der Waals surface area contributed by atoms with E-state index in [9.17, 15) is 9.18 Å². The van der Waals surface area contributed by atoms with Crippen LogP contribution < -0.4 is 10.6 Å². The van der Waals surface area contributed by atoms with E-state index in [0.717, 1.165) is 11.3 Å². The Morgan fingerprint density at radius 2 is 1.85 bits per heavy atom. The summed E-state index contributed by atoms with van der Waals surface area (Å²) >= 11 is 0. The van der Waals surface area contributed by atoms with E-state index in [2.05, 4.69) is 20.6 Å². The number of benzene rings is 1. The number of halogens is 1. The van der Waals surface area contributed by atoms with Crippen molar-refractivity contribution in [2.24, 2.45) is 0 Å². The van der Waals surface area contributed by atoms with Crippen LogP contribution in [0.15, 0.2) is 54.9 Å². The lowest BCUT2D eigenvalue weighted by Gasteiger charge is -2.12. The number of pyridine rings is 2. The molecule has 3 rings (SSSR count). The van der Waals surface area contributed by atoms with E-state index in [1.807, 2.05) is 19.1 Å². The van der Waals surface area contributed by atoms with Gasteiger partial charge in [-0.05, 0) is 61.4 Å². The molecule has 2 aromatic heterocycles. The van der Waals surface area contributed by atoms with E-state index in [-0.39, 0.29) is 11.7 Å². The predicted molar refractivity (Wildman–Crippen MR) is 99.6 cm³/mol. The van der Waals surface area contributed by atoms with Gasteiger partial charge in [0.2, 0.25) is 0 Å². The van der Waals surface area contributed by atoms with Crippen LogP contribution in [0.25, 0.3) is 0 Å². The highest BCUT2D eigenvalue weighted by Gasteiger charge is 2.14. The molecule has 0 spiro atoms. The standard InChI is InChI=1S/C20H19FN4O/c1-13-3-5-16(11-18(13)21)25-20(26)17-6-4-14(2)24-19(17)23-12-15-7-9-22-10-8-15/h3-11H,12H2,1-2H3,(H,23,24)(H,25,26). The summed E-state index contributed by atoms with van der Waals surface area (Å²) in [7, 11) is 0. The molecule has 0 aliphatic heterocycles. The van der Waals surface area contributed by atoms with Crippen molar-refractivity contribution < 1.29 is 9.18 Å². The molecule has 132 valence electrons. The van der Waals surface area contributed by atoms with E-state index >= 15 is 0 Å². The molecule has 0 aliphatic carbocycles. The molecule has 1 amide bonds. The fourth-order valence-electron chi connectivity index (χ4n) is 2.43. The Balaban J connectivity index is 1.79. The topological polar surface area (TPSA) is 66.9 Å². The van der Waals surface area contributed by atoms with Crippen LogP contribution in [-0.4, -0.2) is 15.9 Å². The van der Waals surface area contributed by atoms with Crippen molar-refractivity contribution in [2.75, 3.05) is 10.6 Å². The summed E-state index contributed by atoms with van der Waals surface area (Å²) in [5, 5.41) is 5.90. The minimum absolute atomic E-state index is 0.349. The highest BCUT2D eigenvalue weighted by atomic mass is 19.1. The van der Waals surface area contributed by atoms with E-state index in [0.29, 0.717) is 29.2 Å². The lowest BCUT2D eigenvalue weighted by atomic mass is 10.2. The summed E-state index contributed by atoms with van der Waals surface area (Å²) < 4.78 is 13.7. The summed E-state index contributed by atoms with van der Waals surface area (Å²) in [6, 6.07) is 11.8. The van der Waals surface area contributed by atoms with Crippen molar-refractivity contribution in [3.8, 4) is 0 Å². The largest absolute Gasteiger partial charge is 0.365 e. The first-order valence-electron chi connectivity index (χ1n) is 8.21. The Labute approximate surface area is 151 Å². The molecule has 2 N–H and O–H groups in total. The van der Waals surface area contributed by atoms with Crippen LogP contribution in [0.5, 0.6) is 0 Å². The van der Waals surface area contributed by atoms with E-state index in [4.69, 9.17) is 0 Å². The molecule has 3 aromatic rings. The van der Waals surface area contributed by atoms with Crippen molar-refractivity contribution in [1.82, 2.24) is 9.97 Å². The summed E-state index contributed by atoms with van der Waals surface area (Å²) in [4.78, 5) is 21.0. The molecule has 0 radical (unpaired) electrons.